The topological polar surface area (TPSA) is 142 Å². The molecule has 1 amide bonds. The molecule has 12 heteroatoms. The fourth-order valence-corrected chi connectivity index (χ4v) is 7.74. The van der Waals surface area contributed by atoms with Crippen molar-refractivity contribution >= 4 is 57.1 Å². The normalized spacial score (nSPS) is 25.5. The van der Waals surface area contributed by atoms with Gasteiger partial charge in [0.2, 0.25) is 0 Å². The van der Waals surface area contributed by atoms with Gasteiger partial charge in [-0.15, -0.1) is 0 Å². The van der Waals surface area contributed by atoms with Crippen LogP contribution in [0.3, 0.4) is 0 Å². The summed E-state index contributed by atoms with van der Waals surface area (Å²) < 4.78 is 5.71. The SMILES string of the molecule is C.C[C@@]12Cc3c(c(C(=O)O)nn3-c3cc(I)ccn3)C[C@@H]1C2.C[C@@]12Cc3c(c(C(N)=O)nn3-c3cc(I)ccn3)C[C@@H]1C2. The lowest BCUT2D eigenvalue weighted by molar-refractivity contribution is 0.0688. The van der Waals surface area contributed by atoms with Gasteiger partial charge in [0.1, 0.15) is 0 Å². The molecule has 0 radical (unpaired) electrons. The summed E-state index contributed by atoms with van der Waals surface area (Å²) in [6.07, 6.45) is 9.47. The number of fused-ring (bicyclic) bond motifs is 4. The molecule has 4 aromatic heterocycles. The van der Waals surface area contributed by atoms with E-state index in [4.69, 9.17) is 5.73 Å². The van der Waals surface area contributed by atoms with Crippen LogP contribution in [-0.4, -0.2) is 46.5 Å². The van der Waals surface area contributed by atoms with Gasteiger partial charge in [0, 0.05) is 30.7 Å². The minimum Gasteiger partial charge on any atom is -0.476 e. The zero-order valence-corrected chi connectivity index (χ0v) is 27.5. The maximum Gasteiger partial charge on any atom is 0.356 e. The molecule has 4 heterocycles. The molecular formula is C31H33I2N7O3. The lowest BCUT2D eigenvalue weighted by atomic mass is 9.87. The van der Waals surface area contributed by atoms with Gasteiger partial charge in [0.05, 0.1) is 11.4 Å². The lowest BCUT2D eigenvalue weighted by Crippen LogP contribution is -2.18. The van der Waals surface area contributed by atoms with Gasteiger partial charge in [0.25, 0.3) is 5.91 Å². The van der Waals surface area contributed by atoms with Crippen molar-refractivity contribution in [2.75, 3.05) is 0 Å². The molecule has 10 nitrogen and oxygen atoms in total. The Morgan fingerprint density at radius 3 is 1.72 bits per heavy atom. The minimum atomic E-state index is -0.945. The summed E-state index contributed by atoms with van der Waals surface area (Å²) in [6, 6.07) is 7.75. The molecule has 4 aromatic rings. The first-order valence-corrected chi connectivity index (χ1v) is 16.1. The van der Waals surface area contributed by atoms with Crippen LogP contribution in [0.1, 0.15) is 77.6 Å². The number of hydrogen-bond acceptors (Lipinski definition) is 6. The molecule has 4 atom stereocenters. The average molecular weight is 805 g/mol. The van der Waals surface area contributed by atoms with E-state index in [0.29, 0.717) is 34.2 Å². The Morgan fingerprint density at radius 1 is 0.860 bits per heavy atom. The van der Waals surface area contributed by atoms with Crippen molar-refractivity contribution in [1.29, 1.82) is 0 Å². The molecule has 0 spiro atoms. The van der Waals surface area contributed by atoms with Gasteiger partial charge in [-0.2, -0.15) is 10.2 Å². The predicted octanol–water partition coefficient (Wildman–Crippen LogP) is 5.43. The average Bonchev–Trinajstić information content (AvgIpc) is 3.68. The number of pyridine rings is 2. The Kier molecular flexibility index (Phi) is 7.46. The molecule has 43 heavy (non-hydrogen) atoms. The van der Waals surface area contributed by atoms with Crippen molar-refractivity contribution in [2.24, 2.45) is 28.4 Å². The monoisotopic (exact) mass is 805 g/mol. The molecule has 0 aromatic carbocycles. The molecule has 4 aliphatic rings. The first kappa shape index (κ1) is 30.2. The number of carbonyl (C=O) groups is 2. The van der Waals surface area contributed by atoms with E-state index in [0.717, 1.165) is 61.2 Å². The summed E-state index contributed by atoms with van der Waals surface area (Å²) in [6.45, 7) is 4.59. The van der Waals surface area contributed by atoms with E-state index < -0.39 is 11.9 Å². The summed E-state index contributed by atoms with van der Waals surface area (Å²) in [5.41, 5.74) is 10.9. The zero-order chi connectivity index (χ0) is 29.6. The largest absolute Gasteiger partial charge is 0.476 e. The first-order chi connectivity index (χ1) is 20.0. The second-order valence-corrected chi connectivity index (χ2v) is 15.1. The van der Waals surface area contributed by atoms with E-state index in [9.17, 15) is 14.7 Å². The van der Waals surface area contributed by atoms with Crippen LogP contribution in [0.25, 0.3) is 11.6 Å². The molecule has 8 rings (SSSR count). The molecule has 0 unspecified atom stereocenters. The van der Waals surface area contributed by atoms with Crippen LogP contribution < -0.4 is 5.73 Å². The second kappa shape index (κ2) is 10.6. The van der Waals surface area contributed by atoms with Crippen molar-refractivity contribution in [3.8, 4) is 11.6 Å². The summed E-state index contributed by atoms with van der Waals surface area (Å²) in [5, 5.41) is 18.2. The number of aromatic carboxylic acids is 1. The second-order valence-electron chi connectivity index (χ2n) is 12.6. The van der Waals surface area contributed by atoms with Gasteiger partial charge in [0.15, 0.2) is 23.0 Å². The van der Waals surface area contributed by atoms with Crippen molar-refractivity contribution in [2.45, 2.75) is 59.8 Å². The number of amides is 1. The van der Waals surface area contributed by atoms with Crippen LogP contribution in [0.5, 0.6) is 0 Å². The number of hydrogen-bond donors (Lipinski definition) is 2. The van der Waals surface area contributed by atoms with Crippen LogP contribution in [0.2, 0.25) is 0 Å². The van der Waals surface area contributed by atoms with Crippen LogP contribution in [0.4, 0.5) is 0 Å². The Morgan fingerprint density at radius 2 is 1.30 bits per heavy atom. The fourth-order valence-electron chi connectivity index (χ4n) is 6.87. The number of nitrogens with zero attached hydrogens (tertiary/aromatic N) is 6. The number of rotatable bonds is 4. The minimum absolute atomic E-state index is 0. The number of carbonyl (C=O) groups excluding carboxylic acids is 1. The van der Waals surface area contributed by atoms with Crippen LogP contribution in [0.15, 0.2) is 36.7 Å². The van der Waals surface area contributed by atoms with Gasteiger partial charge < -0.3 is 10.8 Å². The Balaban J connectivity index is 0.000000150. The molecule has 0 saturated heterocycles. The quantitative estimate of drug-likeness (QED) is 0.263. The number of primary amides is 1. The highest BCUT2D eigenvalue weighted by atomic mass is 127. The maximum atomic E-state index is 11.7. The number of halogens is 2. The van der Waals surface area contributed by atoms with Crippen molar-refractivity contribution in [3.05, 3.63) is 77.7 Å². The number of carboxylic acids is 1. The Labute approximate surface area is 277 Å². The van der Waals surface area contributed by atoms with Gasteiger partial charge in [-0.25, -0.2) is 24.1 Å². The smallest absolute Gasteiger partial charge is 0.356 e. The Bertz CT molecular complexity index is 1670. The summed E-state index contributed by atoms with van der Waals surface area (Å²) >= 11 is 4.48. The van der Waals surface area contributed by atoms with Gasteiger partial charge in [-0.1, -0.05) is 21.3 Å². The molecule has 0 bridgehead atoms. The lowest BCUT2D eigenvalue weighted by Gasteiger charge is -2.19. The summed E-state index contributed by atoms with van der Waals surface area (Å²) in [7, 11) is 0. The molecule has 2 saturated carbocycles. The van der Waals surface area contributed by atoms with Crippen molar-refractivity contribution in [3.63, 3.8) is 0 Å². The molecule has 0 aliphatic heterocycles. The number of nitrogens with two attached hydrogens (primary N) is 1. The molecule has 224 valence electrons. The highest BCUT2D eigenvalue weighted by Gasteiger charge is 2.55. The van der Waals surface area contributed by atoms with E-state index in [1.54, 1.807) is 17.1 Å². The molecule has 3 N–H and O–H groups in total. The van der Waals surface area contributed by atoms with E-state index in [1.807, 2.05) is 28.9 Å². The van der Waals surface area contributed by atoms with E-state index in [2.05, 4.69) is 79.2 Å². The standard InChI is InChI=1S/C15H15IN4O.C15H14IN3O2.CH4/c1-15-6-8(15)4-10-11(7-15)20(19-13(10)14(17)21)12-5-9(16)2-3-18-12;1-15-6-8(15)4-10-11(7-15)19(18-13(10)14(20)21)12-5-9(16)2-3-17-12;/h2-3,5,8H,4,6-7H2,1H3,(H2,17,21);2-3,5,8H,4,6-7H2,1H3,(H,20,21);1H4/t2*8-,15-;/m11./s1. The van der Waals surface area contributed by atoms with Crippen LogP contribution >= 0.6 is 45.2 Å². The third-order valence-corrected chi connectivity index (χ3v) is 10.9. The van der Waals surface area contributed by atoms with Crippen molar-refractivity contribution < 1.29 is 14.7 Å². The highest BCUT2D eigenvalue weighted by Crippen LogP contribution is 2.60. The summed E-state index contributed by atoms with van der Waals surface area (Å²) in [4.78, 5) is 31.9. The fraction of sp³-hybridized carbons (Fsp3) is 0.419. The van der Waals surface area contributed by atoms with Crippen LogP contribution in [0, 0.1) is 29.8 Å². The molecule has 4 aliphatic carbocycles. The van der Waals surface area contributed by atoms with Gasteiger partial charge in [-0.05, 0) is 131 Å². The molecular weight excluding hydrogens is 772 g/mol. The van der Waals surface area contributed by atoms with Gasteiger partial charge >= 0.3 is 5.97 Å². The van der Waals surface area contributed by atoms with E-state index in [1.165, 1.54) is 12.8 Å². The Hall–Kier alpha value is -2.88. The summed E-state index contributed by atoms with van der Waals surface area (Å²) in [5.74, 6) is 1.36. The number of carboxylic acid groups (broad SMARTS) is 1. The van der Waals surface area contributed by atoms with E-state index >= 15 is 0 Å². The van der Waals surface area contributed by atoms with Gasteiger partial charge in [-0.3, -0.25) is 4.79 Å². The zero-order valence-electron chi connectivity index (χ0n) is 23.1. The first-order valence-electron chi connectivity index (χ1n) is 13.9. The van der Waals surface area contributed by atoms with Crippen molar-refractivity contribution in [1.82, 2.24) is 29.5 Å². The third kappa shape index (κ3) is 5.27. The maximum absolute atomic E-state index is 11.7. The third-order valence-electron chi connectivity index (χ3n) is 9.58. The molecule has 2 fully saturated rings. The highest BCUT2D eigenvalue weighted by molar-refractivity contribution is 14.1. The van der Waals surface area contributed by atoms with Crippen LogP contribution in [-0.2, 0) is 25.7 Å². The predicted molar refractivity (Wildman–Crippen MR) is 178 cm³/mol. The number of aromatic nitrogens is 6. The van der Waals surface area contributed by atoms with E-state index in [-0.39, 0.29) is 13.1 Å².